The van der Waals surface area contributed by atoms with Crippen LogP contribution in [0, 0.1) is 0 Å². The molecule has 0 saturated heterocycles. The lowest BCUT2D eigenvalue weighted by Crippen LogP contribution is -2.18. The lowest BCUT2D eigenvalue weighted by atomic mass is 9.78. The first kappa shape index (κ1) is 52.1. The fourth-order valence-corrected chi connectivity index (χ4v) is 17.4. The average Bonchev–Trinajstić information content (AvgIpc) is 1.60. The predicted octanol–water partition coefficient (Wildman–Crippen LogP) is 22.8. The number of rotatable bonds is 7. The maximum Gasteiger partial charge on any atom is 0.0543 e. The van der Waals surface area contributed by atoms with E-state index < -0.39 is 0 Å². The largest absolute Gasteiger partial charge is 0.309 e. The van der Waals surface area contributed by atoms with Crippen molar-refractivity contribution in [3.8, 4) is 55.6 Å². The maximum atomic E-state index is 2.63. The molecule has 0 aromatic heterocycles. The summed E-state index contributed by atoms with van der Waals surface area (Å²) in [6.45, 7) is 24.4. The second kappa shape index (κ2) is 17.9. The first-order chi connectivity index (χ1) is 42.0. The van der Waals surface area contributed by atoms with E-state index in [0.717, 1.165) is 12.1 Å². The Kier molecular flexibility index (Phi) is 10.7. The smallest absolute Gasteiger partial charge is 0.0543 e. The Bertz CT molecular complexity index is 5020. The van der Waals surface area contributed by atoms with Crippen LogP contribution in [0.15, 0.2) is 231 Å². The second-order valence-electron chi connectivity index (χ2n) is 28.3. The van der Waals surface area contributed by atoms with Crippen molar-refractivity contribution in [1.29, 1.82) is 0 Å². The molecular weight excluding hydrogens is 1050 g/mol. The number of anilines is 3. The third-order valence-corrected chi connectivity index (χ3v) is 21.9. The summed E-state index contributed by atoms with van der Waals surface area (Å²) in [6.07, 6.45) is 3.31. The third kappa shape index (κ3) is 7.03. The average molecular weight is 1120 g/mol. The molecule has 1 heteroatoms. The first-order valence-corrected chi connectivity index (χ1v) is 31.5. The standard InChI is InChI=1S/C86H71N/c1-82(2)66-38-23-21-36-60(66)78-52(29-25-40-68(78)82)43-53(51-27-13-11-14-28-51)44-54-45-74-79(58-34-19-17-32-56(54)58)64-48-70-62(46-72(64)85(74,7)8)63-47-73-65(49-71(63)84(70,5)6)80-59-35-20-18-33-57(59)77(50-75(80)86(73,9)10)87(55-30-15-12-16-31-55)76-42-26-41-69-81(76)61-37-22-24-39-67(61)83(69,3)4/h11-43,45-50H,44H2,1-10H3/b53-43-. The lowest BCUT2D eigenvalue weighted by Gasteiger charge is -2.31. The molecule has 17 rings (SSSR count). The van der Waals surface area contributed by atoms with Crippen LogP contribution in [0.1, 0.15) is 142 Å². The van der Waals surface area contributed by atoms with E-state index in [2.05, 4.69) is 311 Å². The maximum absolute atomic E-state index is 2.63. The van der Waals surface area contributed by atoms with Gasteiger partial charge in [-0.3, -0.25) is 0 Å². The van der Waals surface area contributed by atoms with Gasteiger partial charge >= 0.3 is 0 Å². The van der Waals surface area contributed by atoms with Gasteiger partial charge in [0.1, 0.15) is 0 Å². The topological polar surface area (TPSA) is 3.24 Å². The number of benzene rings is 12. The van der Waals surface area contributed by atoms with Crippen LogP contribution in [0.3, 0.4) is 0 Å². The molecule has 0 saturated carbocycles. The summed E-state index contributed by atoms with van der Waals surface area (Å²) in [4.78, 5) is 2.57. The molecule has 12 aromatic carbocycles. The molecule has 87 heavy (non-hydrogen) atoms. The minimum absolute atomic E-state index is 0.0678. The molecule has 0 heterocycles. The number of fused-ring (bicyclic) bond motifs is 19. The normalized spacial score (nSPS) is 16.5. The van der Waals surface area contributed by atoms with Crippen molar-refractivity contribution in [3.63, 3.8) is 0 Å². The van der Waals surface area contributed by atoms with E-state index in [1.54, 1.807) is 0 Å². The molecule has 12 aromatic rings. The van der Waals surface area contributed by atoms with Gasteiger partial charge in [-0.05, 0) is 199 Å². The summed E-state index contributed by atoms with van der Waals surface area (Å²) in [5.41, 5.74) is 35.5. The molecule has 0 aliphatic heterocycles. The van der Waals surface area contributed by atoms with Gasteiger partial charge < -0.3 is 4.90 Å². The molecule has 5 aliphatic carbocycles. The summed E-state index contributed by atoms with van der Waals surface area (Å²) in [5, 5.41) is 5.22. The van der Waals surface area contributed by atoms with Crippen LogP contribution in [0.4, 0.5) is 17.1 Å². The molecule has 0 bridgehead atoms. The van der Waals surface area contributed by atoms with Gasteiger partial charge in [0.2, 0.25) is 0 Å². The SMILES string of the molecule is CC1(C)c2cc3c(cc2-c2cc4c(cc21)-c1c(cc(N(c2ccccc2)c2cccc5c2-c2ccccc2C5(C)C)c2ccccc12)C4(C)C)C(C)(C)c1cc(C/C(=C/c2cccc4c2-c2ccccc2C4(C)C)c2ccccc2)c2ccccc2c1-3. The Morgan fingerprint density at radius 3 is 1.33 bits per heavy atom. The van der Waals surface area contributed by atoms with Crippen LogP contribution in [-0.4, -0.2) is 0 Å². The molecular formula is C86H71N. The highest BCUT2D eigenvalue weighted by Gasteiger charge is 2.47. The minimum Gasteiger partial charge on any atom is -0.309 e. The third-order valence-electron chi connectivity index (χ3n) is 21.9. The van der Waals surface area contributed by atoms with Gasteiger partial charge in [-0.1, -0.05) is 257 Å². The van der Waals surface area contributed by atoms with E-state index >= 15 is 0 Å². The Morgan fingerprint density at radius 1 is 0.299 bits per heavy atom. The highest BCUT2D eigenvalue weighted by molar-refractivity contribution is 6.12. The number of hydrogen-bond acceptors (Lipinski definition) is 1. The van der Waals surface area contributed by atoms with E-state index in [1.807, 2.05) is 0 Å². The van der Waals surface area contributed by atoms with Crippen molar-refractivity contribution in [3.05, 3.63) is 303 Å². The van der Waals surface area contributed by atoms with Gasteiger partial charge in [0.15, 0.2) is 0 Å². The van der Waals surface area contributed by atoms with Crippen molar-refractivity contribution >= 4 is 50.3 Å². The molecule has 5 aliphatic rings. The molecule has 0 fully saturated rings. The highest BCUT2D eigenvalue weighted by Crippen LogP contribution is 2.63. The summed E-state index contributed by atoms with van der Waals surface area (Å²) >= 11 is 0. The van der Waals surface area contributed by atoms with Crippen LogP contribution in [0.5, 0.6) is 0 Å². The molecule has 0 N–H and O–H groups in total. The molecule has 0 amide bonds. The Balaban J connectivity index is 0.798. The zero-order chi connectivity index (χ0) is 59.3. The van der Waals surface area contributed by atoms with Crippen LogP contribution < -0.4 is 4.90 Å². The molecule has 0 radical (unpaired) electrons. The van der Waals surface area contributed by atoms with Crippen LogP contribution >= 0.6 is 0 Å². The number of para-hydroxylation sites is 1. The van der Waals surface area contributed by atoms with E-state index in [9.17, 15) is 0 Å². The van der Waals surface area contributed by atoms with E-state index in [0.29, 0.717) is 0 Å². The zero-order valence-corrected chi connectivity index (χ0v) is 51.7. The highest BCUT2D eigenvalue weighted by atomic mass is 15.1. The molecule has 0 atom stereocenters. The fourth-order valence-electron chi connectivity index (χ4n) is 17.4. The van der Waals surface area contributed by atoms with Gasteiger partial charge in [0.25, 0.3) is 0 Å². The van der Waals surface area contributed by atoms with Crippen molar-refractivity contribution in [1.82, 2.24) is 0 Å². The van der Waals surface area contributed by atoms with Gasteiger partial charge in [-0.2, -0.15) is 0 Å². The summed E-state index contributed by atoms with van der Waals surface area (Å²) in [5.74, 6) is 0. The fraction of sp³-hybridized carbons (Fsp3) is 0.186. The quantitative estimate of drug-likeness (QED) is 0.144. The van der Waals surface area contributed by atoms with Gasteiger partial charge in [-0.25, -0.2) is 0 Å². The summed E-state index contributed by atoms with van der Waals surface area (Å²) in [6, 6.07) is 88.4. The van der Waals surface area contributed by atoms with Crippen LogP contribution in [0.25, 0.3) is 88.8 Å². The van der Waals surface area contributed by atoms with Crippen LogP contribution in [0.2, 0.25) is 0 Å². The van der Waals surface area contributed by atoms with Gasteiger partial charge in [0.05, 0.1) is 11.4 Å². The number of hydrogen-bond donors (Lipinski definition) is 0. The van der Waals surface area contributed by atoms with Gasteiger partial charge in [-0.15, -0.1) is 0 Å². The zero-order valence-electron chi connectivity index (χ0n) is 51.7. The monoisotopic (exact) mass is 1120 g/mol. The summed E-state index contributed by atoms with van der Waals surface area (Å²) in [7, 11) is 0. The minimum atomic E-state index is -0.294. The van der Waals surface area contributed by atoms with Crippen molar-refractivity contribution in [2.45, 2.75) is 103 Å². The van der Waals surface area contributed by atoms with E-state index in [4.69, 9.17) is 0 Å². The van der Waals surface area contributed by atoms with Crippen LogP contribution in [-0.2, 0) is 33.5 Å². The van der Waals surface area contributed by atoms with E-state index in [-0.39, 0.29) is 27.1 Å². The molecule has 1 nitrogen and oxygen atoms in total. The Labute approximate surface area is 513 Å². The molecule has 420 valence electrons. The van der Waals surface area contributed by atoms with Crippen molar-refractivity contribution < 1.29 is 0 Å². The number of allylic oxidation sites excluding steroid dienone is 1. The lowest BCUT2D eigenvalue weighted by molar-refractivity contribution is 0.649. The second-order valence-corrected chi connectivity index (χ2v) is 28.3. The first-order valence-electron chi connectivity index (χ1n) is 31.5. The predicted molar refractivity (Wildman–Crippen MR) is 368 cm³/mol. The van der Waals surface area contributed by atoms with Gasteiger partial charge in [0, 0.05) is 43.7 Å². The molecule has 0 spiro atoms. The molecule has 0 unspecified atom stereocenters. The Hall–Kier alpha value is -9.30. The Morgan fingerprint density at radius 2 is 0.724 bits per heavy atom. The number of nitrogens with zero attached hydrogens (tertiary/aromatic N) is 1. The summed E-state index contributed by atoms with van der Waals surface area (Å²) < 4.78 is 0. The van der Waals surface area contributed by atoms with E-state index in [1.165, 1.54) is 166 Å². The van der Waals surface area contributed by atoms with Crippen molar-refractivity contribution in [2.24, 2.45) is 0 Å². The van der Waals surface area contributed by atoms with Crippen molar-refractivity contribution in [2.75, 3.05) is 4.90 Å².